The van der Waals surface area contributed by atoms with Gasteiger partial charge < -0.3 is 11.1 Å². The highest BCUT2D eigenvalue weighted by atomic mass is 127. The first-order valence-corrected chi connectivity index (χ1v) is 5.73. The SMILES string of the molecule is C=C(C)CNC(N)=NCc1ccc(C)cc1C.I. The van der Waals surface area contributed by atoms with E-state index in [9.17, 15) is 0 Å². The van der Waals surface area contributed by atoms with Crippen molar-refractivity contribution in [3.8, 4) is 0 Å². The lowest BCUT2D eigenvalue weighted by Gasteiger charge is -2.07. The van der Waals surface area contributed by atoms with Crippen LogP contribution in [-0.2, 0) is 6.54 Å². The van der Waals surface area contributed by atoms with E-state index in [4.69, 9.17) is 5.73 Å². The van der Waals surface area contributed by atoms with E-state index in [2.05, 4.69) is 48.9 Å². The highest BCUT2D eigenvalue weighted by Gasteiger charge is 1.98. The molecule has 0 aliphatic carbocycles. The van der Waals surface area contributed by atoms with Crippen molar-refractivity contribution in [3.05, 3.63) is 47.0 Å². The van der Waals surface area contributed by atoms with Gasteiger partial charge in [0.1, 0.15) is 0 Å². The second-order valence-electron chi connectivity index (χ2n) is 4.44. The molecule has 0 aromatic heterocycles. The Morgan fingerprint density at radius 2 is 2.06 bits per heavy atom. The van der Waals surface area contributed by atoms with Gasteiger partial charge >= 0.3 is 0 Å². The normalized spacial score (nSPS) is 10.7. The van der Waals surface area contributed by atoms with Crippen molar-refractivity contribution in [1.29, 1.82) is 0 Å². The molecule has 0 atom stereocenters. The average Bonchev–Trinajstić information content (AvgIpc) is 2.25. The van der Waals surface area contributed by atoms with Gasteiger partial charge in [-0.05, 0) is 31.9 Å². The summed E-state index contributed by atoms with van der Waals surface area (Å²) in [6.07, 6.45) is 0. The standard InChI is InChI=1S/C14H21N3.HI/c1-10(2)8-16-14(15)17-9-13-6-5-11(3)7-12(13)4;/h5-7H,1,8-9H2,2-4H3,(H3,15,16,17);1H. The second-order valence-corrected chi connectivity index (χ2v) is 4.44. The van der Waals surface area contributed by atoms with Crippen LogP contribution in [0.25, 0.3) is 0 Å². The highest BCUT2D eigenvalue weighted by Crippen LogP contribution is 2.11. The zero-order valence-corrected chi connectivity index (χ0v) is 13.6. The number of benzene rings is 1. The summed E-state index contributed by atoms with van der Waals surface area (Å²) < 4.78 is 0. The summed E-state index contributed by atoms with van der Waals surface area (Å²) in [5.41, 5.74) is 10.5. The topological polar surface area (TPSA) is 50.4 Å². The summed E-state index contributed by atoms with van der Waals surface area (Å²) >= 11 is 0. The van der Waals surface area contributed by atoms with E-state index in [-0.39, 0.29) is 24.0 Å². The molecule has 1 aromatic rings. The monoisotopic (exact) mass is 359 g/mol. The van der Waals surface area contributed by atoms with E-state index in [1.807, 2.05) is 6.92 Å². The van der Waals surface area contributed by atoms with E-state index >= 15 is 0 Å². The molecule has 18 heavy (non-hydrogen) atoms. The van der Waals surface area contributed by atoms with Gasteiger partial charge in [0, 0.05) is 6.54 Å². The van der Waals surface area contributed by atoms with Gasteiger partial charge in [-0.15, -0.1) is 24.0 Å². The van der Waals surface area contributed by atoms with Gasteiger partial charge in [-0.1, -0.05) is 35.9 Å². The zero-order valence-electron chi connectivity index (χ0n) is 11.3. The fourth-order valence-corrected chi connectivity index (χ4v) is 1.49. The number of hydrogen-bond donors (Lipinski definition) is 2. The third-order valence-corrected chi connectivity index (χ3v) is 2.49. The summed E-state index contributed by atoms with van der Waals surface area (Å²) in [5, 5.41) is 3.01. The third-order valence-electron chi connectivity index (χ3n) is 2.49. The van der Waals surface area contributed by atoms with Crippen LogP contribution in [0.4, 0.5) is 0 Å². The minimum atomic E-state index is 0. The Hall–Kier alpha value is -1.04. The lowest BCUT2D eigenvalue weighted by Crippen LogP contribution is -2.32. The zero-order chi connectivity index (χ0) is 12.8. The van der Waals surface area contributed by atoms with Crippen LogP contribution in [0.1, 0.15) is 23.6 Å². The molecule has 1 rings (SSSR count). The van der Waals surface area contributed by atoms with Crippen molar-refractivity contribution in [3.63, 3.8) is 0 Å². The maximum atomic E-state index is 5.75. The molecule has 1 aromatic carbocycles. The number of nitrogens with two attached hydrogens (primary N) is 1. The molecule has 4 heteroatoms. The molecule has 0 saturated carbocycles. The molecule has 3 nitrogen and oxygen atoms in total. The molecular formula is C14H22IN3. The Labute approximate surface area is 127 Å². The number of guanidine groups is 1. The predicted molar refractivity (Wildman–Crippen MR) is 89.5 cm³/mol. The molecule has 0 fully saturated rings. The number of aryl methyl sites for hydroxylation is 2. The van der Waals surface area contributed by atoms with E-state index in [1.165, 1.54) is 16.7 Å². The van der Waals surface area contributed by atoms with Crippen LogP contribution >= 0.6 is 24.0 Å². The second kappa shape index (κ2) is 8.13. The maximum Gasteiger partial charge on any atom is 0.189 e. The Morgan fingerprint density at radius 3 is 2.61 bits per heavy atom. The molecular weight excluding hydrogens is 337 g/mol. The van der Waals surface area contributed by atoms with Crippen LogP contribution in [0, 0.1) is 13.8 Å². The maximum absolute atomic E-state index is 5.75. The fourth-order valence-electron chi connectivity index (χ4n) is 1.49. The summed E-state index contributed by atoms with van der Waals surface area (Å²) in [7, 11) is 0. The van der Waals surface area contributed by atoms with Gasteiger partial charge in [-0.2, -0.15) is 0 Å². The van der Waals surface area contributed by atoms with Crippen molar-refractivity contribution in [2.75, 3.05) is 6.54 Å². The van der Waals surface area contributed by atoms with E-state index in [1.54, 1.807) is 0 Å². The molecule has 100 valence electrons. The molecule has 0 amide bonds. The van der Waals surface area contributed by atoms with Gasteiger partial charge in [-0.25, -0.2) is 4.99 Å². The van der Waals surface area contributed by atoms with E-state index < -0.39 is 0 Å². The van der Waals surface area contributed by atoms with Crippen LogP contribution in [0.5, 0.6) is 0 Å². The first kappa shape index (κ1) is 17.0. The first-order chi connectivity index (χ1) is 7.99. The number of halogens is 1. The van der Waals surface area contributed by atoms with Gasteiger partial charge in [0.2, 0.25) is 0 Å². The van der Waals surface area contributed by atoms with E-state index in [0.29, 0.717) is 19.0 Å². The molecule has 0 heterocycles. The van der Waals surface area contributed by atoms with Crippen molar-refractivity contribution in [1.82, 2.24) is 5.32 Å². The molecule has 0 saturated heterocycles. The summed E-state index contributed by atoms with van der Waals surface area (Å²) in [5.74, 6) is 0.466. The number of rotatable bonds is 4. The molecule has 0 spiro atoms. The Morgan fingerprint density at radius 1 is 1.39 bits per heavy atom. The first-order valence-electron chi connectivity index (χ1n) is 5.73. The minimum absolute atomic E-state index is 0. The smallest absolute Gasteiger partial charge is 0.189 e. The lowest BCUT2D eigenvalue weighted by atomic mass is 10.1. The van der Waals surface area contributed by atoms with Crippen LogP contribution in [0.15, 0.2) is 35.3 Å². The predicted octanol–water partition coefficient (Wildman–Crippen LogP) is 2.90. The molecule has 0 aliphatic rings. The quantitative estimate of drug-likeness (QED) is 0.376. The molecule has 0 unspecified atom stereocenters. The Kier molecular flexibility index (Phi) is 7.66. The van der Waals surface area contributed by atoms with Crippen LogP contribution in [-0.4, -0.2) is 12.5 Å². The molecule has 0 radical (unpaired) electrons. The third kappa shape index (κ3) is 6.05. The van der Waals surface area contributed by atoms with Gasteiger partial charge in [0.15, 0.2) is 5.96 Å². The Balaban J connectivity index is 0.00000289. The van der Waals surface area contributed by atoms with Crippen LogP contribution in [0.3, 0.4) is 0 Å². The van der Waals surface area contributed by atoms with E-state index in [0.717, 1.165) is 5.57 Å². The number of nitrogens with one attached hydrogen (secondary N) is 1. The van der Waals surface area contributed by atoms with Gasteiger partial charge in [0.05, 0.1) is 6.54 Å². The van der Waals surface area contributed by atoms with Gasteiger partial charge in [0.25, 0.3) is 0 Å². The number of aliphatic imine (C=N–C) groups is 1. The largest absolute Gasteiger partial charge is 0.370 e. The number of nitrogens with zero attached hydrogens (tertiary/aromatic N) is 1. The highest BCUT2D eigenvalue weighted by molar-refractivity contribution is 14.0. The summed E-state index contributed by atoms with van der Waals surface area (Å²) in [6, 6.07) is 6.35. The summed E-state index contributed by atoms with van der Waals surface area (Å²) in [6.45, 7) is 11.2. The molecule has 3 N–H and O–H groups in total. The summed E-state index contributed by atoms with van der Waals surface area (Å²) in [4.78, 5) is 4.30. The van der Waals surface area contributed by atoms with Crippen molar-refractivity contribution in [2.45, 2.75) is 27.3 Å². The van der Waals surface area contributed by atoms with Crippen molar-refractivity contribution in [2.24, 2.45) is 10.7 Å². The lowest BCUT2D eigenvalue weighted by molar-refractivity contribution is 0.936. The van der Waals surface area contributed by atoms with Gasteiger partial charge in [-0.3, -0.25) is 0 Å². The van der Waals surface area contributed by atoms with Crippen molar-refractivity contribution >= 4 is 29.9 Å². The fraction of sp³-hybridized carbons (Fsp3) is 0.357. The minimum Gasteiger partial charge on any atom is -0.370 e. The van der Waals surface area contributed by atoms with Crippen LogP contribution < -0.4 is 11.1 Å². The van der Waals surface area contributed by atoms with Crippen LogP contribution in [0.2, 0.25) is 0 Å². The molecule has 0 bridgehead atoms. The number of hydrogen-bond acceptors (Lipinski definition) is 1. The average molecular weight is 359 g/mol. The molecule has 0 aliphatic heterocycles. The van der Waals surface area contributed by atoms with Crippen molar-refractivity contribution < 1.29 is 0 Å². The Bertz CT molecular complexity index is 439.